The standard InChI is InChI=1S/C29H25ClN6OS/c1-2-36-27-21(12-24(28(36)37)23-10-7-19(13-25(23)30)26-16-32-17-38-26)15-33-29(35-27)34-22-8-5-18(6-9-22)20-4-3-11-31-14-20/h5-10,12-17,20H,2-4,11H2,1H3,(H,33,34,35). The fourth-order valence-corrected chi connectivity index (χ4v) is 5.73. The molecule has 0 bridgehead atoms. The number of hydrogen-bond acceptors (Lipinski definition) is 7. The number of aliphatic imine (C=N–C) groups is 1. The molecule has 1 aliphatic heterocycles. The topological polar surface area (TPSA) is 85.1 Å². The summed E-state index contributed by atoms with van der Waals surface area (Å²) < 4.78 is 1.66. The maximum absolute atomic E-state index is 13.5. The van der Waals surface area contributed by atoms with E-state index in [0.29, 0.717) is 40.2 Å². The number of nitrogens with one attached hydrogen (secondary N) is 1. The highest BCUT2D eigenvalue weighted by atomic mass is 35.5. The van der Waals surface area contributed by atoms with Crippen LogP contribution in [0.25, 0.3) is 32.6 Å². The number of anilines is 2. The molecule has 9 heteroatoms. The van der Waals surface area contributed by atoms with Gasteiger partial charge in [0.2, 0.25) is 5.95 Å². The van der Waals surface area contributed by atoms with E-state index in [1.165, 1.54) is 5.56 Å². The minimum atomic E-state index is -0.143. The fraction of sp³-hybridized carbons (Fsp3) is 0.207. The van der Waals surface area contributed by atoms with Crippen molar-refractivity contribution in [2.24, 2.45) is 4.99 Å². The van der Waals surface area contributed by atoms with Crippen molar-refractivity contribution in [2.45, 2.75) is 32.2 Å². The minimum absolute atomic E-state index is 0.143. The molecule has 1 N–H and O–H groups in total. The molecule has 190 valence electrons. The van der Waals surface area contributed by atoms with Crippen LogP contribution in [0.15, 0.2) is 76.2 Å². The number of fused-ring (bicyclic) bond motifs is 1. The number of aromatic nitrogens is 4. The Bertz CT molecular complexity index is 1700. The molecular formula is C29H25ClN6OS. The Balaban J connectivity index is 1.32. The Labute approximate surface area is 228 Å². The van der Waals surface area contributed by atoms with Crippen molar-refractivity contribution in [2.75, 3.05) is 11.9 Å². The van der Waals surface area contributed by atoms with Gasteiger partial charge in [0.05, 0.1) is 10.4 Å². The number of hydrogen-bond donors (Lipinski definition) is 1. The number of aryl methyl sites for hydroxylation is 1. The predicted molar refractivity (Wildman–Crippen MR) is 156 cm³/mol. The van der Waals surface area contributed by atoms with Gasteiger partial charge < -0.3 is 5.32 Å². The van der Waals surface area contributed by atoms with Gasteiger partial charge in [-0.15, -0.1) is 11.3 Å². The van der Waals surface area contributed by atoms with Gasteiger partial charge in [0.1, 0.15) is 5.65 Å². The first kappa shape index (κ1) is 24.5. The Morgan fingerprint density at radius 2 is 1.97 bits per heavy atom. The molecule has 6 rings (SSSR count). The molecule has 5 aromatic rings. The Morgan fingerprint density at radius 3 is 2.68 bits per heavy atom. The molecule has 0 spiro atoms. The summed E-state index contributed by atoms with van der Waals surface area (Å²) in [6, 6.07) is 15.8. The summed E-state index contributed by atoms with van der Waals surface area (Å²) in [5.74, 6) is 0.811. The van der Waals surface area contributed by atoms with Crippen molar-refractivity contribution in [3.05, 3.63) is 87.4 Å². The van der Waals surface area contributed by atoms with Crippen molar-refractivity contribution >= 4 is 51.8 Å². The van der Waals surface area contributed by atoms with Gasteiger partial charge in [0.15, 0.2) is 0 Å². The number of rotatable bonds is 6. The second kappa shape index (κ2) is 10.5. The monoisotopic (exact) mass is 540 g/mol. The van der Waals surface area contributed by atoms with Gasteiger partial charge >= 0.3 is 0 Å². The summed E-state index contributed by atoms with van der Waals surface area (Å²) in [6.45, 7) is 3.32. The summed E-state index contributed by atoms with van der Waals surface area (Å²) in [5.41, 5.74) is 6.52. The smallest absolute Gasteiger partial charge is 0.260 e. The first-order chi connectivity index (χ1) is 18.6. The molecule has 38 heavy (non-hydrogen) atoms. The van der Waals surface area contributed by atoms with E-state index in [-0.39, 0.29) is 5.56 Å². The van der Waals surface area contributed by atoms with E-state index in [2.05, 4.69) is 38.6 Å². The lowest BCUT2D eigenvalue weighted by atomic mass is 9.93. The third kappa shape index (κ3) is 4.73. The number of thiazole rings is 1. The second-order valence-corrected chi connectivity index (χ2v) is 10.5. The zero-order valence-corrected chi connectivity index (χ0v) is 22.3. The highest BCUT2D eigenvalue weighted by Gasteiger charge is 2.16. The van der Waals surface area contributed by atoms with Crippen LogP contribution in [-0.2, 0) is 6.54 Å². The van der Waals surface area contributed by atoms with Gasteiger partial charge in [-0.05, 0) is 55.2 Å². The van der Waals surface area contributed by atoms with Gasteiger partial charge in [-0.1, -0.05) is 35.9 Å². The van der Waals surface area contributed by atoms with Gasteiger partial charge in [-0.25, -0.2) is 4.98 Å². The molecule has 1 aliphatic rings. The van der Waals surface area contributed by atoms with Crippen LogP contribution < -0.4 is 10.9 Å². The maximum atomic E-state index is 13.5. The van der Waals surface area contributed by atoms with Crippen LogP contribution in [0.3, 0.4) is 0 Å². The molecule has 0 radical (unpaired) electrons. The quantitative estimate of drug-likeness (QED) is 0.252. The second-order valence-electron chi connectivity index (χ2n) is 9.19. The molecule has 4 heterocycles. The van der Waals surface area contributed by atoms with Crippen LogP contribution in [0.5, 0.6) is 0 Å². The largest absolute Gasteiger partial charge is 0.324 e. The molecule has 0 saturated carbocycles. The van der Waals surface area contributed by atoms with Crippen molar-refractivity contribution in [3.63, 3.8) is 0 Å². The number of halogens is 1. The van der Waals surface area contributed by atoms with E-state index >= 15 is 0 Å². The predicted octanol–water partition coefficient (Wildman–Crippen LogP) is 6.95. The van der Waals surface area contributed by atoms with E-state index in [1.807, 2.05) is 43.3 Å². The average Bonchev–Trinajstić information content (AvgIpc) is 3.49. The van der Waals surface area contributed by atoms with Crippen LogP contribution in [0.1, 0.15) is 31.2 Å². The lowest BCUT2D eigenvalue weighted by Crippen LogP contribution is -2.22. The van der Waals surface area contributed by atoms with E-state index in [9.17, 15) is 4.79 Å². The van der Waals surface area contributed by atoms with Crippen molar-refractivity contribution in [1.82, 2.24) is 19.5 Å². The SMILES string of the molecule is CCn1c(=O)c(-c2ccc(-c3cncs3)cc2Cl)cc2cnc(Nc3ccc(C4C=NCCC4)cc3)nc21. The first-order valence-corrected chi connectivity index (χ1v) is 13.8. The Kier molecular flexibility index (Phi) is 6.74. The molecule has 7 nitrogen and oxygen atoms in total. The average molecular weight is 541 g/mol. The molecule has 1 unspecified atom stereocenters. The van der Waals surface area contributed by atoms with E-state index in [4.69, 9.17) is 16.6 Å². The van der Waals surface area contributed by atoms with E-state index in [0.717, 1.165) is 40.9 Å². The van der Waals surface area contributed by atoms with E-state index < -0.39 is 0 Å². The lowest BCUT2D eigenvalue weighted by Gasteiger charge is -2.16. The number of pyridine rings is 1. The summed E-state index contributed by atoms with van der Waals surface area (Å²) in [6.07, 6.45) is 7.85. The summed E-state index contributed by atoms with van der Waals surface area (Å²) in [5, 5.41) is 4.55. The highest BCUT2D eigenvalue weighted by molar-refractivity contribution is 7.13. The molecule has 0 fully saturated rings. The van der Waals surface area contributed by atoms with Crippen LogP contribution >= 0.6 is 22.9 Å². The Hall–Kier alpha value is -3.88. The fourth-order valence-electron chi connectivity index (χ4n) is 4.82. The molecule has 0 saturated heterocycles. The molecule has 1 atom stereocenters. The molecule has 3 aromatic heterocycles. The first-order valence-electron chi connectivity index (χ1n) is 12.6. The maximum Gasteiger partial charge on any atom is 0.260 e. The third-order valence-corrected chi connectivity index (χ3v) is 7.94. The highest BCUT2D eigenvalue weighted by Crippen LogP contribution is 2.33. The van der Waals surface area contributed by atoms with Crippen LogP contribution in [0.2, 0.25) is 5.02 Å². The summed E-state index contributed by atoms with van der Waals surface area (Å²) >= 11 is 8.21. The minimum Gasteiger partial charge on any atom is -0.324 e. The molecule has 0 aliphatic carbocycles. The lowest BCUT2D eigenvalue weighted by molar-refractivity contribution is 0.684. The normalized spacial score (nSPS) is 15.2. The summed E-state index contributed by atoms with van der Waals surface area (Å²) in [4.78, 5) is 32.4. The van der Waals surface area contributed by atoms with Crippen molar-refractivity contribution < 1.29 is 0 Å². The molecule has 0 amide bonds. The van der Waals surface area contributed by atoms with Crippen molar-refractivity contribution in [3.8, 4) is 21.6 Å². The van der Waals surface area contributed by atoms with Gasteiger partial charge in [0.25, 0.3) is 5.56 Å². The van der Waals surface area contributed by atoms with Crippen LogP contribution in [0.4, 0.5) is 11.6 Å². The summed E-state index contributed by atoms with van der Waals surface area (Å²) in [7, 11) is 0. The van der Waals surface area contributed by atoms with Crippen LogP contribution in [0, 0.1) is 0 Å². The zero-order chi connectivity index (χ0) is 26.1. The van der Waals surface area contributed by atoms with E-state index in [1.54, 1.807) is 33.8 Å². The molecule has 2 aromatic carbocycles. The third-order valence-electron chi connectivity index (χ3n) is 6.80. The molecular weight excluding hydrogens is 516 g/mol. The van der Waals surface area contributed by atoms with Gasteiger partial charge in [-0.2, -0.15) is 4.98 Å². The number of nitrogens with zero attached hydrogens (tertiary/aromatic N) is 5. The number of benzene rings is 2. The zero-order valence-electron chi connectivity index (χ0n) is 20.8. The van der Waals surface area contributed by atoms with Crippen LogP contribution in [-0.4, -0.2) is 32.3 Å². The van der Waals surface area contributed by atoms with Crippen molar-refractivity contribution in [1.29, 1.82) is 0 Å². The Morgan fingerprint density at radius 1 is 1.11 bits per heavy atom. The van der Waals surface area contributed by atoms with Gasteiger partial charge in [0, 0.05) is 64.8 Å². The van der Waals surface area contributed by atoms with Gasteiger partial charge in [-0.3, -0.25) is 19.3 Å².